The topological polar surface area (TPSA) is 75.8 Å². The van der Waals surface area contributed by atoms with Crippen LogP contribution < -0.4 is 11.5 Å². The first-order valence-electron chi connectivity index (χ1n) is 4.15. The van der Waals surface area contributed by atoms with Crippen LogP contribution in [-0.4, -0.2) is 0 Å². The average Bonchev–Trinajstić information content (AvgIpc) is 2.44. The van der Waals surface area contributed by atoms with Gasteiger partial charge in [-0.15, -0.1) is 11.3 Å². The van der Waals surface area contributed by atoms with Crippen LogP contribution in [0, 0.1) is 11.3 Å². The van der Waals surface area contributed by atoms with Crippen molar-refractivity contribution >= 4 is 32.8 Å². The summed E-state index contributed by atoms with van der Waals surface area (Å²) in [5.74, 6) is 0. The largest absolute Gasteiger partial charge is 0.399 e. The van der Waals surface area contributed by atoms with Gasteiger partial charge in [-0.1, -0.05) is 0 Å². The lowest BCUT2D eigenvalue weighted by molar-refractivity contribution is 1.32. The maximum atomic E-state index is 8.60. The summed E-state index contributed by atoms with van der Waals surface area (Å²) in [6, 6.07) is 7.71. The summed E-state index contributed by atoms with van der Waals surface area (Å²) in [7, 11) is 0. The molecule has 0 saturated heterocycles. The van der Waals surface area contributed by atoms with E-state index in [1.165, 1.54) is 11.3 Å². The fourth-order valence-electron chi connectivity index (χ4n) is 1.39. The molecule has 4 N–H and O–H groups in total. The first-order chi connectivity index (χ1) is 6.72. The number of nitriles is 1. The Labute approximate surface area is 85.6 Å². The monoisotopic (exact) mass is 203 g/mol. The van der Waals surface area contributed by atoms with Crippen molar-refractivity contribution in [1.29, 1.82) is 5.26 Å². The third kappa shape index (κ3) is 1.28. The molecule has 1 aromatic heterocycles. The number of fused-ring (bicyclic) bond motifs is 1. The Morgan fingerprint density at radius 2 is 2.14 bits per heavy atom. The number of hydrogen-bond acceptors (Lipinski definition) is 4. The van der Waals surface area contributed by atoms with E-state index in [0.29, 0.717) is 12.1 Å². The van der Waals surface area contributed by atoms with Crippen LogP contribution >= 0.6 is 11.3 Å². The molecule has 0 radical (unpaired) electrons. The summed E-state index contributed by atoms with van der Waals surface area (Å²) in [5.41, 5.74) is 13.0. The van der Waals surface area contributed by atoms with Gasteiger partial charge in [0.2, 0.25) is 0 Å². The van der Waals surface area contributed by atoms with Crippen molar-refractivity contribution in [3.8, 4) is 6.07 Å². The van der Waals surface area contributed by atoms with Crippen molar-refractivity contribution in [2.24, 2.45) is 0 Å². The number of hydrogen-bond donors (Lipinski definition) is 2. The molecule has 1 heterocycles. The van der Waals surface area contributed by atoms with E-state index in [4.69, 9.17) is 16.7 Å². The lowest BCUT2D eigenvalue weighted by Gasteiger charge is -1.93. The fraction of sp³-hybridized carbons (Fsp3) is 0.100. The molecule has 0 spiro atoms. The predicted molar refractivity (Wildman–Crippen MR) is 60.0 cm³/mol. The van der Waals surface area contributed by atoms with Crippen LogP contribution in [0.2, 0.25) is 0 Å². The van der Waals surface area contributed by atoms with Crippen LogP contribution in [-0.2, 0) is 6.42 Å². The minimum absolute atomic E-state index is 0.366. The van der Waals surface area contributed by atoms with E-state index in [-0.39, 0.29) is 0 Å². The van der Waals surface area contributed by atoms with Gasteiger partial charge in [-0.3, -0.25) is 0 Å². The highest BCUT2D eigenvalue weighted by Gasteiger charge is 2.08. The van der Waals surface area contributed by atoms with E-state index in [1.54, 1.807) is 0 Å². The molecule has 0 aliphatic heterocycles. The van der Waals surface area contributed by atoms with Gasteiger partial charge in [-0.2, -0.15) is 5.26 Å². The summed E-state index contributed by atoms with van der Waals surface area (Å²) in [5, 5.41) is 9.60. The van der Waals surface area contributed by atoms with E-state index < -0.39 is 0 Å². The molecule has 4 heteroatoms. The minimum Gasteiger partial charge on any atom is -0.399 e. The number of nitrogens with two attached hydrogens (primary N) is 2. The second kappa shape index (κ2) is 3.20. The summed E-state index contributed by atoms with van der Waals surface area (Å²) < 4.78 is 1.05. The third-order valence-electron chi connectivity index (χ3n) is 2.07. The lowest BCUT2D eigenvalue weighted by atomic mass is 10.2. The number of nitrogen functional groups attached to an aromatic ring is 2. The Morgan fingerprint density at radius 3 is 2.86 bits per heavy atom. The highest BCUT2D eigenvalue weighted by atomic mass is 32.1. The van der Waals surface area contributed by atoms with Crippen LogP contribution in [0.25, 0.3) is 10.1 Å². The summed E-state index contributed by atoms with van der Waals surface area (Å²) >= 11 is 1.54. The molecule has 0 aliphatic rings. The molecule has 0 unspecified atom stereocenters. The normalized spacial score (nSPS) is 10.2. The molecule has 0 saturated carbocycles. The van der Waals surface area contributed by atoms with Crippen molar-refractivity contribution in [2.45, 2.75) is 6.42 Å². The predicted octanol–water partition coefficient (Wildman–Crippen LogP) is 2.13. The Balaban J connectivity index is 2.68. The summed E-state index contributed by atoms with van der Waals surface area (Å²) in [6.45, 7) is 0. The zero-order chi connectivity index (χ0) is 10.1. The maximum absolute atomic E-state index is 8.60. The van der Waals surface area contributed by atoms with Crippen molar-refractivity contribution in [2.75, 3.05) is 11.5 Å². The van der Waals surface area contributed by atoms with Gasteiger partial charge in [0.25, 0.3) is 0 Å². The number of nitrogens with zero attached hydrogens (tertiary/aromatic N) is 1. The number of anilines is 2. The van der Waals surface area contributed by atoms with Crippen molar-refractivity contribution < 1.29 is 0 Å². The first kappa shape index (κ1) is 8.85. The van der Waals surface area contributed by atoms with Gasteiger partial charge < -0.3 is 11.5 Å². The van der Waals surface area contributed by atoms with E-state index in [2.05, 4.69) is 6.07 Å². The zero-order valence-electron chi connectivity index (χ0n) is 7.45. The Hall–Kier alpha value is -1.73. The Morgan fingerprint density at radius 1 is 1.36 bits per heavy atom. The number of thiophene rings is 1. The summed E-state index contributed by atoms with van der Waals surface area (Å²) in [4.78, 5) is 0.924. The van der Waals surface area contributed by atoms with Gasteiger partial charge in [0.15, 0.2) is 0 Å². The molecular formula is C10H9N3S. The summed E-state index contributed by atoms with van der Waals surface area (Å²) in [6.07, 6.45) is 0.366. The van der Waals surface area contributed by atoms with Crippen LogP contribution in [0.1, 0.15) is 4.88 Å². The number of benzene rings is 1. The fourth-order valence-corrected chi connectivity index (χ4v) is 2.49. The van der Waals surface area contributed by atoms with Crippen molar-refractivity contribution in [3.63, 3.8) is 0 Å². The molecule has 70 valence electrons. The van der Waals surface area contributed by atoms with Crippen LogP contribution in [0.15, 0.2) is 18.2 Å². The van der Waals surface area contributed by atoms with E-state index in [0.717, 1.165) is 20.7 Å². The Kier molecular flexibility index (Phi) is 2.02. The molecule has 0 bridgehead atoms. The van der Waals surface area contributed by atoms with Crippen LogP contribution in [0.4, 0.5) is 11.4 Å². The molecule has 0 amide bonds. The molecule has 0 aliphatic carbocycles. The second-order valence-electron chi connectivity index (χ2n) is 3.03. The molecular weight excluding hydrogens is 194 g/mol. The van der Waals surface area contributed by atoms with Crippen molar-refractivity contribution in [1.82, 2.24) is 0 Å². The first-order valence-corrected chi connectivity index (χ1v) is 4.97. The second-order valence-corrected chi connectivity index (χ2v) is 4.17. The molecule has 0 fully saturated rings. The van der Waals surface area contributed by atoms with Gasteiger partial charge in [-0.05, 0) is 18.2 Å². The maximum Gasteiger partial charge on any atom is 0.0716 e. The van der Waals surface area contributed by atoms with Crippen molar-refractivity contribution in [3.05, 3.63) is 23.1 Å². The molecule has 2 rings (SSSR count). The van der Waals surface area contributed by atoms with Gasteiger partial charge in [0, 0.05) is 20.7 Å². The SMILES string of the molecule is N#CCc1sc2cc(N)ccc2c1N. The quantitative estimate of drug-likeness (QED) is 0.697. The third-order valence-corrected chi connectivity index (χ3v) is 3.24. The van der Waals surface area contributed by atoms with Gasteiger partial charge in [-0.25, -0.2) is 0 Å². The van der Waals surface area contributed by atoms with Gasteiger partial charge in [0.05, 0.1) is 18.2 Å². The van der Waals surface area contributed by atoms with E-state index in [1.807, 2.05) is 18.2 Å². The Bertz CT molecular complexity index is 522. The zero-order valence-corrected chi connectivity index (χ0v) is 8.27. The lowest BCUT2D eigenvalue weighted by Crippen LogP contribution is -1.87. The molecule has 1 aromatic carbocycles. The molecule has 0 atom stereocenters. The average molecular weight is 203 g/mol. The minimum atomic E-state index is 0.366. The molecule has 2 aromatic rings. The van der Waals surface area contributed by atoms with Crippen LogP contribution in [0.3, 0.4) is 0 Å². The molecule has 14 heavy (non-hydrogen) atoms. The van der Waals surface area contributed by atoms with Crippen LogP contribution in [0.5, 0.6) is 0 Å². The number of rotatable bonds is 1. The van der Waals surface area contributed by atoms with Gasteiger partial charge in [0.1, 0.15) is 0 Å². The molecule has 3 nitrogen and oxygen atoms in total. The highest BCUT2D eigenvalue weighted by Crippen LogP contribution is 2.34. The van der Waals surface area contributed by atoms with Gasteiger partial charge >= 0.3 is 0 Å². The van der Waals surface area contributed by atoms with E-state index in [9.17, 15) is 0 Å². The smallest absolute Gasteiger partial charge is 0.0716 e. The highest BCUT2D eigenvalue weighted by molar-refractivity contribution is 7.19. The van der Waals surface area contributed by atoms with E-state index >= 15 is 0 Å². The standard InChI is InChI=1S/C10H9N3S/c11-4-3-8-10(13)7-2-1-6(12)5-9(7)14-8/h1-2,5H,3,12-13H2.